The van der Waals surface area contributed by atoms with Gasteiger partial charge in [0.1, 0.15) is 23.4 Å². The van der Waals surface area contributed by atoms with Crippen molar-refractivity contribution in [3.63, 3.8) is 0 Å². The molecule has 1 atom stereocenters. The zero-order valence-electron chi connectivity index (χ0n) is 18.4. The lowest BCUT2D eigenvalue weighted by Gasteiger charge is -2.34. The average molecular weight is 448 g/mol. The lowest BCUT2D eigenvalue weighted by molar-refractivity contribution is -0.121. The van der Waals surface area contributed by atoms with Crippen LogP contribution >= 0.6 is 0 Å². The molecule has 1 heterocycles. The minimum Gasteiger partial charge on any atom is -0.497 e. The van der Waals surface area contributed by atoms with Crippen LogP contribution in [0.4, 0.5) is 19.3 Å². The molecule has 0 saturated heterocycles. The maximum atomic E-state index is 14.8. The van der Waals surface area contributed by atoms with Gasteiger partial charge in [0.05, 0.1) is 13.7 Å². The Morgan fingerprint density at radius 3 is 2.41 bits per heavy atom. The molecule has 0 fully saturated rings. The van der Waals surface area contributed by atoms with Gasteiger partial charge < -0.3 is 19.9 Å². The summed E-state index contributed by atoms with van der Waals surface area (Å²) in [4.78, 5) is 25.9. The molecule has 0 radical (unpaired) electrons. The van der Waals surface area contributed by atoms with E-state index < -0.39 is 35.1 Å². The van der Waals surface area contributed by atoms with Crippen LogP contribution in [0, 0.1) is 11.6 Å². The molecule has 2 aromatic carbocycles. The highest BCUT2D eigenvalue weighted by Gasteiger charge is 2.37. The summed E-state index contributed by atoms with van der Waals surface area (Å²) >= 11 is 0. The molecule has 0 aromatic heterocycles. The van der Waals surface area contributed by atoms with Crippen LogP contribution in [0.15, 0.2) is 30.3 Å². The predicted octanol–water partition coefficient (Wildman–Crippen LogP) is 4.11. The average Bonchev–Trinajstić information content (AvgIpc) is 2.71. The van der Waals surface area contributed by atoms with Crippen molar-refractivity contribution in [1.29, 1.82) is 0 Å². The number of carbonyl (C=O) groups is 2. The van der Waals surface area contributed by atoms with Crippen molar-refractivity contribution >= 4 is 17.7 Å². The number of anilines is 1. The third-order valence-corrected chi connectivity index (χ3v) is 5.56. The molecule has 172 valence electrons. The highest BCUT2D eigenvalue weighted by atomic mass is 19.1. The third-order valence-electron chi connectivity index (χ3n) is 5.56. The van der Waals surface area contributed by atoms with E-state index in [0.29, 0.717) is 17.7 Å². The molecule has 2 amide bonds. The van der Waals surface area contributed by atoms with Gasteiger partial charge in [0.15, 0.2) is 0 Å². The highest BCUT2D eigenvalue weighted by Crippen LogP contribution is 2.35. The molecule has 0 unspecified atom stereocenters. The smallest absolute Gasteiger partial charge is 0.408 e. The standard InChI is InChI=1S/C23H26F2N2O5/c1-23(2,12-31-3)19-17(24)10-14(11-18(19)25)26-21(28)20-16-6-5-15(32-4)9-13(16)7-8-27(20)22(29)30/h5-6,9-11,20H,7-8,12H2,1-4H3,(H,26,28)(H,29,30)/t20-/m1/s1. The maximum Gasteiger partial charge on any atom is 0.408 e. The summed E-state index contributed by atoms with van der Waals surface area (Å²) < 4.78 is 39.8. The van der Waals surface area contributed by atoms with Crippen LogP contribution in [-0.4, -0.2) is 49.4 Å². The summed E-state index contributed by atoms with van der Waals surface area (Å²) in [7, 11) is 2.96. The predicted molar refractivity (Wildman–Crippen MR) is 114 cm³/mol. The first-order valence-corrected chi connectivity index (χ1v) is 10.0. The normalized spacial score (nSPS) is 15.8. The number of nitrogens with zero attached hydrogens (tertiary/aromatic N) is 1. The molecule has 2 N–H and O–H groups in total. The van der Waals surface area contributed by atoms with Gasteiger partial charge in [-0.25, -0.2) is 13.6 Å². The molecule has 7 nitrogen and oxygen atoms in total. The maximum absolute atomic E-state index is 14.8. The van der Waals surface area contributed by atoms with Crippen molar-refractivity contribution in [2.24, 2.45) is 0 Å². The molecule has 0 bridgehead atoms. The minimum absolute atomic E-state index is 0.0977. The molecule has 3 rings (SSSR count). The Kier molecular flexibility index (Phi) is 6.68. The molecule has 1 aliphatic rings. The van der Waals surface area contributed by atoms with Crippen LogP contribution in [0.3, 0.4) is 0 Å². The first kappa shape index (κ1) is 23.5. The summed E-state index contributed by atoms with van der Waals surface area (Å²) in [5.41, 5.74) is 0.0896. The SMILES string of the molecule is COCC(C)(C)c1c(F)cc(NC(=O)[C@H]2c3ccc(OC)cc3CCN2C(=O)O)cc1F. The van der Waals surface area contributed by atoms with E-state index in [4.69, 9.17) is 9.47 Å². The van der Waals surface area contributed by atoms with Crippen LogP contribution in [0.25, 0.3) is 0 Å². The van der Waals surface area contributed by atoms with Gasteiger partial charge in [-0.15, -0.1) is 0 Å². The Labute approximate surface area is 184 Å². The van der Waals surface area contributed by atoms with E-state index in [-0.39, 0.29) is 24.4 Å². The molecule has 2 aromatic rings. The molecule has 0 saturated carbocycles. The highest BCUT2D eigenvalue weighted by molar-refractivity contribution is 5.97. The Morgan fingerprint density at radius 2 is 1.84 bits per heavy atom. The number of hydrogen-bond donors (Lipinski definition) is 2. The van der Waals surface area contributed by atoms with Gasteiger partial charge in [-0.1, -0.05) is 19.9 Å². The van der Waals surface area contributed by atoms with Crippen LogP contribution in [0.2, 0.25) is 0 Å². The number of fused-ring (bicyclic) bond motifs is 1. The Bertz CT molecular complexity index is 1020. The van der Waals surface area contributed by atoms with Crippen molar-refractivity contribution in [3.05, 3.63) is 58.7 Å². The number of rotatable bonds is 6. The lowest BCUT2D eigenvalue weighted by Crippen LogP contribution is -2.44. The fourth-order valence-electron chi connectivity index (χ4n) is 4.15. The van der Waals surface area contributed by atoms with Gasteiger partial charge in [0.2, 0.25) is 0 Å². The first-order chi connectivity index (χ1) is 15.1. The van der Waals surface area contributed by atoms with E-state index in [1.54, 1.807) is 32.0 Å². The van der Waals surface area contributed by atoms with Gasteiger partial charge in [0.25, 0.3) is 5.91 Å². The molecule has 0 aliphatic carbocycles. The number of ether oxygens (including phenoxy) is 2. The van der Waals surface area contributed by atoms with Crippen LogP contribution < -0.4 is 10.1 Å². The zero-order chi connectivity index (χ0) is 23.6. The van der Waals surface area contributed by atoms with Crippen LogP contribution in [0.5, 0.6) is 5.75 Å². The number of carboxylic acid groups (broad SMARTS) is 1. The molecule has 32 heavy (non-hydrogen) atoms. The number of halogens is 2. The zero-order valence-corrected chi connectivity index (χ0v) is 18.4. The topological polar surface area (TPSA) is 88.1 Å². The summed E-state index contributed by atoms with van der Waals surface area (Å²) in [5, 5.41) is 12.1. The number of hydrogen-bond acceptors (Lipinski definition) is 4. The van der Waals surface area contributed by atoms with Crippen molar-refractivity contribution in [2.45, 2.75) is 31.7 Å². The number of nitrogens with one attached hydrogen (secondary N) is 1. The number of benzene rings is 2. The van der Waals surface area contributed by atoms with Crippen molar-refractivity contribution < 1.29 is 33.0 Å². The fraction of sp³-hybridized carbons (Fsp3) is 0.391. The number of carbonyl (C=O) groups excluding carboxylic acids is 1. The molecule has 9 heteroatoms. The second kappa shape index (κ2) is 9.12. The molecule has 1 aliphatic heterocycles. The van der Waals surface area contributed by atoms with E-state index >= 15 is 0 Å². The van der Waals surface area contributed by atoms with E-state index in [1.165, 1.54) is 14.2 Å². The summed E-state index contributed by atoms with van der Waals surface area (Å²) in [5.74, 6) is -1.77. The van der Waals surface area contributed by atoms with Crippen molar-refractivity contribution in [2.75, 3.05) is 32.7 Å². The van der Waals surface area contributed by atoms with Gasteiger partial charge >= 0.3 is 6.09 Å². The van der Waals surface area contributed by atoms with Gasteiger partial charge in [0, 0.05) is 30.3 Å². The number of methoxy groups -OCH3 is 2. The fourth-order valence-corrected chi connectivity index (χ4v) is 4.15. The van der Waals surface area contributed by atoms with Crippen LogP contribution in [0.1, 0.15) is 36.6 Å². The number of amides is 2. The second-order valence-corrected chi connectivity index (χ2v) is 8.31. The van der Waals surface area contributed by atoms with E-state index in [1.807, 2.05) is 0 Å². The van der Waals surface area contributed by atoms with Gasteiger partial charge in [-0.3, -0.25) is 9.69 Å². The minimum atomic E-state index is -1.26. The molecular formula is C23H26F2N2O5. The summed E-state index contributed by atoms with van der Waals surface area (Å²) in [6.45, 7) is 3.49. The largest absolute Gasteiger partial charge is 0.497 e. The summed E-state index contributed by atoms with van der Waals surface area (Å²) in [6, 6.07) is 5.90. The second-order valence-electron chi connectivity index (χ2n) is 8.31. The molecule has 0 spiro atoms. The van der Waals surface area contributed by atoms with Gasteiger partial charge in [-0.2, -0.15) is 0 Å². The van der Waals surface area contributed by atoms with E-state index in [2.05, 4.69) is 5.32 Å². The lowest BCUT2D eigenvalue weighted by atomic mass is 9.84. The monoisotopic (exact) mass is 448 g/mol. The van der Waals surface area contributed by atoms with Crippen molar-refractivity contribution in [1.82, 2.24) is 4.90 Å². The van der Waals surface area contributed by atoms with Crippen molar-refractivity contribution in [3.8, 4) is 5.75 Å². The van der Waals surface area contributed by atoms with Crippen LogP contribution in [-0.2, 0) is 21.4 Å². The van der Waals surface area contributed by atoms with E-state index in [9.17, 15) is 23.5 Å². The van der Waals surface area contributed by atoms with E-state index in [0.717, 1.165) is 22.6 Å². The quantitative estimate of drug-likeness (QED) is 0.694. The Morgan fingerprint density at radius 1 is 1.19 bits per heavy atom. The Hall–Kier alpha value is -3.20. The first-order valence-electron chi connectivity index (χ1n) is 10.0. The third kappa shape index (κ3) is 4.52. The molecular weight excluding hydrogens is 422 g/mol. The van der Waals surface area contributed by atoms with Gasteiger partial charge in [-0.05, 0) is 41.8 Å². The Balaban J connectivity index is 1.94. The summed E-state index contributed by atoms with van der Waals surface area (Å²) in [6.07, 6.45) is -0.851.